The number of allylic oxidation sites excluding steroid dienone is 1. The van der Waals surface area contributed by atoms with Gasteiger partial charge < -0.3 is 10.6 Å². The molecule has 11 heavy (non-hydrogen) atoms. The SMILES string of the molecule is CCCCCC=CC(=O)O.O. The molecule has 0 unspecified atom stereocenters. The fourth-order valence-electron chi connectivity index (χ4n) is 0.696. The van der Waals surface area contributed by atoms with E-state index in [9.17, 15) is 4.79 Å². The molecule has 0 aromatic heterocycles. The fourth-order valence-corrected chi connectivity index (χ4v) is 0.696. The van der Waals surface area contributed by atoms with Crippen LogP contribution >= 0.6 is 0 Å². The Bertz CT molecular complexity index is 119. The Hall–Kier alpha value is -0.830. The van der Waals surface area contributed by atoms with E-state index in [2.05, 4.69) is 6.92 Å². The lowest BCUT2D eigenvalue weighted by Gasteiger charge is -1.89. The van der Waals surface area contributed by atoms with E-state index in [1.165, 1.54) is 18.9 Å². The van der Waals surface area contributed by atoms with Crippen LogP contribution in [0.5, 0.6) is 0 Å². The molecule has 0 aliphatic heterocycles. The van der Waals surface area contributed by atoms with E-state index in [-0.39, 0.29) is 5.48 Å². The highest BCUT2D eigenvalue weighted by molar-refractivity contribution is 5.79. The molecule has 0 atom stereocenters. The van der Waals surface area contributed by atoms with Crippen LogP contribution in [0.2, 0.25) is 0 Å². The van der Waals surface area contributed by atoms with Crippen molar-refractivity contribution in [3.05, 3.63) is 12.2 Å². The summed E-state index contributed by atoms with van der Waals surface area (Å²) in [6.45, 7) is 2.13. The summed E-state index contributed by atoms with van der Waals surface area (Å²) >= 11 is 0. The molecule has 0 saturated heterocycles. The zero-order valence-corrected chi connectivity index (χ0v) is 6.84. The van der Waals surface area contributed by atoms with Gasteiger partial charge in [-0.15, -0.1) is 0 Å². The first-order valence-corrected chi connectivity index (χ1v) is 3.67. The molecule has 0 aromatic rings. The van der Waals surface area contributed by atoms with Crippen molar-refractivity contribution in [2.45, 2.75) is 32.6 Å². The molecule has 0 radical (unpaired) electrons. The zero-order chi connectivity index (χ0) is 7.82. The maximum Gasteiger partial charge on any atom is 0.327 e. The van der Waals surface area contributed by atoms with Crippen molar-refractivity contribution in [1.29, 1.82) is 0 Å². The van der Waals surface area contributed by atoms with Crippen molar-refractivity contribution in [2.75, 3.05) is 0 Å². The van der Waals surface area contributed by atoms with Crippen LogP contribution in [0.15, 0.2) is 12.2 Å². The zero-order valence-electron chi connectivity index (χ0n) is 6.84. The summed E-state index contributed by atoms with van der Waals surface area (Å²) < 4.78 is 0. The molecule has 0 aliphatic rings. The molecule has 0 amide bonds. The quantitative estimate of drug-likeness (QED) is 0.487. The highest BCUT2D eigenvalue weighted by Gasteiger charge is 1.84. The standard InChI is InChI=1S/C8H14O2.H2O/c1-2-3-4-5-6-7-8(9)10;/h6-7H,2-5H2,1H3,(H,9,10);1H2. The molecule has 0 fully saturated rings. The molecule has 3 heteroatoms. The Morgan fingerprint density at radius 1 is 1.45 bits per heavy atom. The van der Waals surface area contributed by atoms with Gasteiger partial charge in [0.2, 0.25) is 0 Å². The van der Waals surface area contributed by atoms with Crippen molar-refractivity contribution >= 4 is 5.97 Å². The number of unbranched alkanes of at least 4 members (excludes halogenated alkanes) is 3. The van der Waals surface area contributed by atoms with Crippen LogP contribution in [0.3, 0.4) is 0 Å². The largest absolute Gasteiger partial charge is 0.478 e. The van der Waals surface area contributed by atoms with Gasteiger partial charge in [-0.25, -0.2) is 4.79 Å². The lowest BCUT2D eigenvalue weighted by molar-refractivity contribution is -0.131. The van der Waals surface area contributed by atoms with Crippen LogP contribution in [0.1, 0.15) is 32.6 Å². The van der Waals surface area contributed by atoms with Crippen molar-refractivity contribution in [3.8, 4) is 0 Å². The lowest BCUT2D eigenvalue weighted by Crippen LogP contribution is -1.85. The summed E-state index contributed by atoms with van der Waals surface area (Å²) in [5, 5.41) is 8.18. The van der Waals surface area contributed by atoms with E-state index < -0.39 is 5.97 Å². The molecule has 66 valence electrons. The van der Waals surface area contributed by atoms with Gasteiger partial charge in [-0.1, -0.05) is 25.8 Å². The number of carbonyl (C=O) groups is 1. The minimum atomic E-state index is -0.850. The van der Waals surface area contributed by atoms with Crippen LogP contribution in [0.25, 0.3) is 0 Å². The fraction of sp³-hybridized carbons (Fsp3) is 0.625. The van der Waals surface area contributed by atoms with Gasteiger partial charge in [-0.3, -0.25) is 0 Å². The molecule has 0 aromatic carbocycles. The van der Waals surface area contributed by atoms with Gasteiger partial charge in [-0.05, 0) is 12.8 Å². The average Bonchev–Trinajstić information content (AvgIpc) is 1.87. The second kappa shape index (κ2) is 9.17. The van der Waals surface area contributed by atoms with Gasteiger partial charge in [0.1, 0.15) is 0 Å². The molecule has 0 heterocycles. The van der Waals surface area contributed by atoms with E-state index in [0.717, 1.165) is 12.8 Å². The summed E-state index contributed by atoms with van der Waals surface area (Å²) in [5.41, 5.74) is 0. The monoisotopic (exact) mass is 160 g/mol. The van der Waals surface area contributed by atoms with Gasteiger partial charge in [-0.2, -0.15) is 0 Å². The Morgan fingerprint density at radius 2 is 2.09 bits per heavy atom. The molecule has 3 nitrogen and oxygen atoms in total. The third-order valence-electron chi connectivity index (χ3n) is 1.23. The van der Waals surface area contributed by atoms with Crippen LogP contribution in [-0.2, 0) is 4.79 Å². The maximum atomic E-state index is 9.95. The minimum absolute atomic E-state index is 0. The smallest absolute Gasteiger partial charge is 0.327 e. The van der Waals surface area contributed by atoms with Crippen molar-refractivity contribution < 1.29 is 15.4 Å². The predicted octanol–water partition coefficient (Wildman–Crippen LogP) is 1.38. The average molecular weight is 160 g/mol. The number of aliphatic carboxylic acids is 1. The Balaban J connectivity index is 0. The maximum absolute atomic E-state index is 9.95. The number of carboxylic acids is 1. The highest BCUT2D eigenvalue weighted by Crippen LogP contribution is 1.98. The molecular formula is C8H16O3. The van der Waals surface area contributed by atoms with Crippen LogP contribution < -0.4 is 0 Å². The number of rotatable bonds is 5. The van der Waals surface area contributed by atoms with Crippen LogP contribution in [0.4, 0.5) is 0 Å². The van der Waals surface area contributed by atoms with E-state index in [1.54, 1.807) is 6.08 Å². The molecule has 0 aliphatic carbocycles. The first-order valence-electron chi connectivity index (χ1n) is 3.67. The molecular weight excluding hydrogens is 144 g/mol. The van der Waals surface area contributed by atoms with Crippen LogP contribution in [-0.4, -0.2) is 16.6 Å². The van der Waals surface area contributed by atoms with Crippen molar-refractivity contribution in [3.63, 3.8) is 0 Å². The third kappa shape index (κ3) is 12.4. The minimum Gasteiger partial charge on any atom is -0.478 e. The number of hydrogen-bond acceptors (Lipinski definition) is 1. The topological polar surface area (TPSA) is 68.8 Å². The molecule has 0 bridgehead atoms. The Labute approximate surface area is 67.0 Å². The van der Waals surface area contributed by atoms with Crippen LogP contribution in [0, 0.1) is 0 Å². The molecule has 0 spiro atoms. The summed E-state index contributed by atoms with van der Waals surface area (Å²) in [7, 11) is 0. The normalized spacial score (nSPS) is 9.55. The van der Waals surface area contributed by atoms with E-state index >= 15 is 0 Å². The summed E-state index contributed by atoms with van der Waals surface area (Å²) in [6, 6.07) is 0. The second-order valence-electron chi connectivity index (χ2n) is 2.24. The van der Waals surface area contributed by atoms with Crippen molar-refractivity contribution in [2.24, 2.45) is 0 Å². The van der Waals surface area contributed by atoms with E-state index in [1.807, 2.05) is 0 Å². The Kier molecular flexibility index (Phi) is 10.7. The third-order valence-corrected chi connectivity index (χ3v) is 1.23. The molecule has 0 saturated carbocycles. The summed E-state index contributed by atoms with van der Waals surface area (Å²) in [4.78, 5) is 9.95. The van der Waals surface area contributed by atoms with E-state index in [4.69, 9.17) is 5.11 Å². The first-order chi connectivity index (χ1) is 4.77. The highest BCUT2D eigenvalue weighted by atomic mass is 16.4. The number of carboxylic acid groups (broad SMARTS) is 1. The summed E-state index contributed by atoms with van der Waals surface area (Å²) in [6.07, 6.45) is 7.26. The molecule has 3 N–H and O–H groups in total. The second-order valence-corrected chi connectivity index (χ2v) is 2.24. The number of hydrogen-bond donors (Lipinski definition) is 1. The van der Waals surface area contributed by atoms with Gasteiger partial charge in [0.05, 0.1) is 0 Å². The summed E-state index contributed by atoms with van der Waals surface area (Å²) in [5.74, 6) is -0.850. The van der Waals surface area contributed by atoms with Gasteiger partial charge in [0.15, 0.2) is 0 Å². The van der Waals surface area contributed by atoms with Gasteiger partial charge in [0.25, 0.3) is 0 Å². The Morgan fingerprint density at radius 3 is 2.55 bits per heavy atom. The predicted molar refractivity (Wildman–Crippen MR) is 44.5 cm³/mol. The van der Waals surface area contributed by atoms with Crippen molar-refractivity contribution in [1.82, 2.24) is 0 Å². The van der Waals surface area contributed by atoms with Gasteiger partial charge in [0, 0.05) is 6.08 Å². The van der Waals surface area contributed by atoms with E-state index in [0.29, 0.717) is 0 Å². The van der Waals surface area contributed by atoms with Gasteiger partial charge >= 0.3 is 5.97 Å². The lowest BCUT2D eigenvalue weighted by atomic mass is 10.2. The molecule has 0 rings (SSSR count). The first kappa shape index (κ1) is 12.8.